The van der Waals surface area contributed by atoms with Crippen LogP contribution in [0, 0.1) is 5.92 Å². The molecule has 0 aliphatic rings. The van der Waals surface area contributed by atoms with E-state index in [0.29, 0.717) is 61.9 Å². The Kier molecular flexibility index (Phi) is 17.0. The summed E-state index contributed by atoms with van der Waals surface area (Å²) in [5.41, 5.74) is 2.23. The summed E-state index contributed by atoms with van der Waals surface area (Å²) in [6.45, 7) is 4.91. The third-order valence-corrected chi connectivity index (χ3v) is 8.28. The first-order valence-corrected chi connectivity index (χ1v) is 17.9. The number of hydrogen-bond acceptors (Lipinski definition) is 9. The minimum absolute atomic E-state index is 0.0268. The molecule has 4 rings (SSSR count). The molecule has 1 atom stereocenters. The maximum absolute atomic E-state index is 13.0. The highest BCUT2D eigenvalue weighted by Gasteiger charge is 2.20. The minimum atomic E-state index is -0.472. The maximum Gasteiger partial charge on any atom is 0.343 e. The molecule has 0 aliphatic carbocycles. The molecule has 0 fully saturated rings. The van der Waals surface area contributed by atoms with Crippen LogP contribution in [0.2, 0.25) is 0 Å². The standard InChI is InChI=1S/C43H48O9/c1-2-41(45)50-32-10-4-3-9-30-49-38-23-21-36(22-24-38)43(47)52-40-27-19-34(20-28-40)33-17-25-39(26-18-33)51-42(46)35(14-12-29-44)13-8-11-31-48-37-15-6-5-7-16-37/h2,5-7,15-28,35,44H,1,3-4,8-14,29-32H2. The number of aliphatic hydroxyl groups is 1. The summed E-state index contributed by atoms with van der Waals surface area (Å²) in [7, 11) is 0. The van der Waals surface area contributed by atoms with Crippen molar-refractivity contribution >= 4 is 17.9 Å². The van der Waals surface area contributed by atoms with Crippen molar-refractivity contribution < 1.29 is 43.2 Å². The zero-order chi connectivity index (χ0) is 36.8. The Bertz CT molecular complexity index is 1650. The van der Waals surface area contributed by atoms with Gasteiger partial charge in [0.2, 0.25) is 0 Å². The number of benzene rings is 4. The fourth-order valence-corrected chi connectivity index (χ4v) is 5.38. The van der Waals surface area contributed by atoms with Gasteiger partial charge in [-0.2, -0.15) is 0 Å². The van der Waals surface area contributed by atoms with Crippen molar-refractivity contribution in [1.82, 2.24) is 0 Å². The fraction of sp³-hybridized carbons (Fsp3) is 0.326. The van der Waals surface area contributed by atoms with E-state index in [1.165, 1.54) is 0 Å². The van der Waals surface area contributed by atoms with Crippen LogP contribution in [0.25, 0.3) is 11.1 Å². The molecule has 0 aromatic heterocycles. The van der Waals surface area contributed by atoms with Crippen molar-refractivity contribution in [2.75, 3.05) is 26.4 Å². The van der Waals surface area contributed by atoms with Gasteiger partial charge in [-0.1, -0.05) is 49.0 Å². The van der Waals surface area contributed by atoms with Gasteiger partial charge in [-0.3, -0.25) is 4.79 Å². The van der Waals surface area contributed by atoms with Crippen LogP contribution >= 0.6 is 0 Å². The third-order valence-electron chi connectivity index (χ3n) is 8.28. The fourth-order valence-electron chi connectivity index (χ4n) is 5.38. The number of rotatable bonds is 23. The first-order chi connectivity index (χ1) is 25.4. The molecule has 1 N–H and O–H groups in total. The van der Waals surface area contributed by atoms with Crippen LogP contribution in [0.4, 0.5) is 0 Å². The summed E-state index contributed by atoms with van der Waals surface area (Å²) >= 11 is 0. The Morgan fingerprint density at radius 3 is 1.69 bits per heavy atom. The van der Waals surface area contributed by atoms with E-state index in [4.69, 9.17) is 23.7 Å². The highest BCUT2D eigenvalue weighted by Crippen LogP contribution is 2.27. The van der Waals surface area contributed by atoms with E-state index in [9.17, 15) is 19.5 Å². The van der Waals surface area contributed by atoms with Gasteiger partial charge in [-0.15, -0.1) is 0 Å². The van der Waals surface area contributed by atoms with E-state index in [-0.39, 0.29) is 18.5 Å². The molecule has 0 aliphatic heterocycles. The second kappa shape index (κ2) is 22.4. The highest BCUT2D eigenvalue weighted by atomic mass is 16.5. The third kappa shape index (κ3) is 14.1. The molecule has 0 saturated carbocycles. The Hall–Kier alpha value is -5.41. The first kappa shape index (κ1) is 39.4. The number of esters is 3. The van der Waals surface area contributed by atoms with Crippen LogP contribution in [0.3, 0.4) is 0 Å². The number of unbranched alkanes of at least 4 members (excludes halogenated alkanes) is 4. The van der Waals surface area contributed by atoms with Crippen LogP contribution in [0.15, 0.2) is 116 Å². The number of ether oxygens (including phenoxy) is 5. The lowest BCUT2D eigenvalue weighted by Gasteiger charge is -2.16. The molecular formula is C43H48O9. The molecule has 0 spiro atoms. The number of para-hydroxylation sites is 1. The predicted octanol–water partition coefficient (Wildman–Crippen LogP) is 8.78. The molecule has 4 aromatic rings. The quantitative estimate of drug-likeness (QED) is 0.0349. The number of hydrogen-bond donors (Lipinski definition) is 1. The van der Waals surface area contributed by atoms with Crippen LogP contribution < -0.4 is 18.9 Å². The summed E-state index contributed by atoms with van der Waals surface area (Å²) in [4.78, 5) is 36.8. The topological polar surface area (TPSA) is 118 Å². The van der Waals surface area contributed by atoms with Crippen LogP contribution in [0.5, 0.6) is 23.0 Å². The summed E-state index contributed by atoms with van der Waals surface area (Å²) in [6, 6.07) is 30.9. The Balaban J connectivity index is 1.18. The number of aliphatic hydroxyl groups excluding tert-OH is 1. The van der Waals surface area contributed by atoms with Crippen molar-refractivity contribution in [3.8, 4) is 34.1 Å². The minimum Gasteiger partial charge on any atom is -0.494 e. The van der Waals surface area contributed by atoms with E-state index in [1.807, 2.05) is 54.6 Å². The van der Waals surface area contributed by atoms with Gasteiger partial charge in [-0.05, 0) is 130 Å². The molecule has 0 bridgehead atoms. The average Bonchev–Trinajstić information content (AvgIpc) is 3.18. The molecule has 0 heterocycles. The van der Waals surface area contributed by atoms with E-state index in [2.05, 4.69) is 6.58 Å². The van der Waals surface area contributed by atoms with Gasteiger partial charge in [0, 0.05) is 12.7 Å². The van der Waals surface area contributed by atoms with Gasteiger partial charge in [0.1, 0.15) is 23.0 Å². The summed E-state index contributed by atoms with van der Waals surface area (Å²) in [5.74, 6) is 0.896. The van der Waals surface area contributed by atoms with Gasteiger partial charge < -0.3 is 28.8 Å². The van der Waals surface area contributed by atoms with Gasteiger partial charge in [0.05, 0.1) is 31.3 Å². The molecule has 9 nitrogen and oxygen atoms in total. The molecule has 4 aromatic carbocycles. The van der Waals surface area contributed by atoms with E-state index in [0.717, 1.165) is 61.5 Å². The molecule has 0 amide bonds. The molecule has 9 heteroatoms. The molecule has 52 heavy (non-hydrogen) atoms. The summed E-state index contributed by atoms with van der Waals surface area (Å²) in [5, 5.41) is 9.34. The Morgan fingerprint density at radius 1 is 0.577 bits per heavy atom. The largest absolute Gasteiger partial charge is 0.494 e. The normalized spacial score (nSPS) is 11.2. The Labute approximate surface area is 306 Å². The number of carbonyl (C=O) groups excluding carboxylic acids is 3. The predicted molar refractivity (Wildman–Crippen MR) is 200 cm³/mol. The van der Waals surface area contributed by atoms with E-state index >= 15 is 0 Å². The lowest BCUT2D eigenvalue weighted by molar-refractivity contribution is -0.140. The van der Waals surface area contributed by atoms with Gasteiger partial charge in [-0.25, -0.2) is 9.59 Å². The Morgan fingerprint density at radius 2 is 1.10 bits per heavy atom. The smallest absolute Gasteiger partial charge is 0.343 e. The first-order valence-electron chi connectivity index (χ1n) is 17.9. The second-order valence-corrected chi connectivity index (χ2v) is 12.2. The van der Waals surface area contributed by atoms with Crippen molar-refractivity contribution in [1.29, 1.82) is 0 Å². The SMILES string of the molecule is C=CC(=O)OCCCCCCOc1ccc(C(=O)Oc2ccc(-c3ccc(OC(=O)C(CCCO)CCCCOc4ccccc4)cc3)cc2)cc1. The summed E-state index contributed by atoms with van der Waals surface area (Å²) in [6.07, 6.45) is 8.10. The maximum atomic E-state index is 13.0. The van der Waals surface area contributed by atoms with Crippen LogP contribution in [-0.2, 0) is 14.3 Å². The van der Waals surface area contributed by atoms with Crippen LogP contribution in [-0.4, -0.2) is 49.4 Å². The molecule has 1 unspecified atom stereocenters. The van der Waals surface area contributed by atoms with Crippen molar-refractivity contribution in [3.63, 3.8) is 0 Å². The number of carbonyl (C=O) groups is 3. The molecule has 0 radical (unpaired) electrons. The van der Waals surface area contributed by atoms with Crippen molar-refractivity contribution in [2.24, 2.45) is 5.92 Å². The van der Waals surface area contributed by atoms with Gasteiger partial charge in [0.15, 0.2) is 0 Å². The van der Waals surface area contributed by atoms with Crippen LogP contribution in [0.1, 0.15) is 68.1 Å². The highest BCUT2D eigenvalue weighted by molar-refractivity contribution is 5.91. The molecular weight excluding hydrogens is 660 g/mol. The van der Waals surface area contributed by atoms with Gasteiger partial charge >= 0.3 is 17.9 Å². The zero-order valence-corrected chi connectivity index (χ0v) is 29.6. The van der Waals surface area contributed by atoms with Gasteiger partial charge in [0.25, 0.3) is 0 Å². The van der Waals surface area contributed by atoms with Crippen molar-refractivity contribution in [3.05, 3.63) is 121 Å². The second-order valence-electron chi connectivity index (χ2n) is 12.2. The average molecular weight is 709 g/mol. The monoisotopic (exact) mass is 708 g/mol. The lowest BCUT2D eigenvalue weighted by atomic mass is 9.97. The van der Waals surface area contributed by atoms with E-state index in [1.54, 1.807) is 48.5 Å². The zero-order valence-electron chi connectivity index (χ0n) is 29.6. The molecule has 0 saturated heterocycles. The van der Waals surface area contributed by atoms with Crippen molar-refractivity contribution in [2.45, 2.75) is 57.8 Å². The summed E-state index contributed by atoms with van der Waals surface area (Å²) < 4.78 is 27.8. The lowest BCUT2D eigenvalue weighted by Crippen LogP contribution is -2.21. The van der Waals surface area contributed by atoms with E-state index < -0.39 is 11.9 Å². The molecule has 274 valence electrons.